The lowest BCUT2D eigenvalue weighted by atomic mass is 10.0. The van der Waals surface area contributed by atoms with Crippen molar-refractivity contribution in [3.05, 3.63) is 70.1 Å². The lowest BCUT2D eigenvalue weighted by molar-refractivity contribution is -0.117. The van der Waals surface area contributed by atoms with E-state index in [0.29, 0.717) is 28.7 Å². The zero-order valence-corrected chi connectivity index (χ0v) is 22.3. The van der Waals surface area contributed by atoms with E-state index in [0.717, 1.165) is 11.1 Å². The van der Waals surface area contributed by atoms with Crippen molar-refractivity contribution in [2.45, 2.75) is 11.8 Å². The van der Waals surface area contributed by atoms with Gasteiger partial charge >= 0.3 is 5.97 Å². The van der Waals surface area contributed by atoms with E-state index in [2.05, 4.69) is 5.32 Å². The molecule has 0 bridgehead atoms. The van der Waals surface area contributed by atoms with Gasteiger partial charge in [-0.3, -0.25) is 9.69 Å². The first kappa shape index (κ1) is 26.3. The summed E-state index contributed by atoms with van der Waals surface area (Å²) in [5, 5.41) is 5.60. The standard InChI is InChI=1S/C25H26ClN3O5S2/c1-17-3-9-20(10-4-17)36(32,33)29-13-11-28(12-14-29)15-22(30)27-24-23(25(31)34-2)21(16-35-24)18-5-7-19(26)8-6-18/h3-10,16H,11-15H2,1-2H3,(H,27,30). The predicted octanol–water partition coefficient (Wildman–Crippen LogP) is 4.11. The van der Waals surface area contributed by atoms with Gasteiger partial charge in [-0.05, 0) is 36.8 Å². The lowest BCUT2D eigenvalue weighted by Gasteiger charge is -2.33. The summed E-state index contributed by atoms with van der Waals surface area (Å²) in [5.41, 5.74) is 2.70. The van der Waals surface area contributed by atoms with Crippen molar-refractivity contribution in [3.63, 3.8) is 0 Å². The Labute approximate surface area is 219 Å². The highest BCUT2D eigenvalue weighted by molar-refractivity contribution is 7.89. The number of esters is 1. The van der Waals surface area contributed by atoms with Crippen LogP contribution in [0, 0.1) is 6.92 Å². The molecule has 11 heteroatoms. The second kappa shape index (κ2) is 11.1. The Morgan fingerprint density at radius 3 is 2.28 bits per heavy atom. The predicted molar refractivity (Wildman–Crippen MR) is 141 cm³/mol. The van der Waals surface area contributed by atoms with Crippen LogP contribution >= 0.6 is 22.9 Å². The highest BCUT2D eigenvalue weighted by Crippen LogP contribution is 2.36. The number of nitrogens with zero attached hydrogens (tertiary/aromatic N) is 2. The Balaban J connectivity index is 1.40. The highest BCUT2D eigenvalue weighted by atomic mass is 35.5. The van der Waals surface area contributed by atoms with Crippen molar-refractivity contribution in [1.29, 1.82) is 0 Å². The van der Waals surface area contributed by atoms with E-state index in [1.165, 1.54) is 22.8 Å². The summed E-state index contributed by atoms with van der Waals surface area (Å²) in [6.07, 6.45) is 0. The third-order valence-electron chi connectivity index (χ3n) is 5.95. The van der Waals surface area contributed by atoms with E-state index in [-0.39, 0.29) is 36.0 Å². The summed E-state index contributed by atoms with van der Waals surface area (Å²) in [6, 6.07) is 13.8. The van der Waals surface area contributed by atoms with Crippen molar-refractivity contribution in [2.24, 2.45) is 0 Å². The van der Waals surface area contributed by atoms with E-state index < -0.39 is 16.0 Å². The molecule has 190 valence electrons. The number of aryl methyl sites for hydroxylation is 1. The van der Waals surface area contributed by atoms with Crippen LogP contribution in [0.1, 0.15) is 15.9 Å². The summed E-state index contributed by atoms with van der Waals surface area (Å²) >= 11 is 7.22. The number of anilines is 1. The van der Waals surface area contributed by atoms with Gasteiger partial charge in [0, 0.05) is 42.1 Å². The van der Waals surface area contributed by atoms with E-state index in [4.69, 9.17) is 16.3 Å². The fraction of sp³-hybridized carbons (Fsp3) is 0.280. The maximum Gasteiger partial charge on any atom is 0.341 e. The van der Waals surface area contributed by atoms with Gasteiger partial charge in [-0.15, -0.1) is 11.3 Å². The molecule has 3 aromatic rings. The van der Waals surface area contributed by atoms with Crippen molar-refractivity contribution >= 4 is 49.8 Å². The third kappa shape index (κ3) is 5.79. The van der Waals surface area contributed by atoms with Gasteiger partial charge in [-0.1, -0.05) is 41.4 Å². The third-order valence-corrected chi connectivity index (χ3v) is 9.01. The van der Waals surface area contributed by atoms with Gasteiger partial charge in [0.05, 0.1) is 18.6 Å². The second-order valence-corrected chi connectivity index (χ2v) is 11.6. The van der Waals surface area contributed by atoms with Crippen LogP contribution in [0.5, 0.6) is 0 Å². The molecule has 2 aromatic carbocycles. The number of hydrogen-bond acceptors (Lipinski definition) is 7. The molecule has 0 saturated carbocycles. The molecular weight excluding hydrogens is 522 g/mol. The van der Waals surface area contributed by atoms with Gasteiger partial charge in [-0.25, -0.2) is 13.2 Å². The Morgan fingerprint density at radius 1 is 1.03 bits per heavy atom. The summed E-state index contributed by atoms with van der Waals surface area (Å²) < 4.78 is 32.2. The Kier molecular flexibility index (Phi) is 8.11. The van der Waals surface area contributed by atoms with Crippen LogP contribution in [0.15, 0.2) is 58.8 Å². The van der Waals surface area contributed by atoms with Crippen molar-refractivity contribution < 1.29 is 22.7 Å². The molecule has 0 atom stereocenters. The second-order valence-electron chi connectivity index (χ2n) is 8.39. The first-order valence-electron chi connectivity index (χ1n) is 11.2. The van der Waals surface area contributed by atoms with Gasteiger partial charge in [0.15, 0.2) is 0 Å². The number of carbonyl (C=O) groups is 2. The molecule has 0 aliphatic carbocycles. The average Bonchev–Trinajstić information content (AvgIpc) is 3.27. The average molecular weight is 548 g/mol. The fourth-order valence-corrected chi connectivity index (χ4v) is 6.47. The SMILES string of the molecule is COC(=O)c1c(-c2ccc(Cl)cc2)csc1NC(=O)CN1CCN(S(=O)(=O)c2ccc(C)cc2)CC1. The number of ether oxygens (including phenoxy) is 1. The van der Waals surface area contributed by atoms with Crippen molar-refractivity contribution in [1.82, 2.24) is 9.21 Å². The highest BCUT2D eigenvalue weighted by Gasteiger charge is 2.29. The number of halogens is 1. The Bertz CT molecular complexity index is 1350. The number of methoxy groups -OCH3 is 1. The minimum atomic E-state index is -3.58. The Hall–Kier alpha value is -2.76. The van der Waals surface area contributed by atoms with E-state index in [9.17, 15) is 18.0 Å². The van der Waals surface area contributed by atoms with Crippen LogP contribution in [-0.2, 0) is 19.6 Å². The maximum atomic E-state index is 12.9. The number of benzene rings is 2. The molecule has 1 fully saturated rings. The molecule has 1 aromatic heterocycles. The molecule has 1 N–H and O–H groups in total. The van der Waals surface area contributed by atoms with Crippen LogP contribution in [0.25, 0.3) is 11.1 Å². The van der Waals surface area contributed by atoms with Gasteiger partial charge in [0.2, 0.25) is 15.9 Å². The maximum absolute atomic E-state index is 12.9. The summed E-state index contributed by atoms with van der Waals surface area (Å²) in [5.74, 6) is -0.842. The molecule has 1 aliphatic rings. The zero-order valence-electron chi connectivity index (χ0n) is 19.9. The van der Waals surface area contributed by atoms with E-state index >= 15 is 0 Å². The molecule has 36 heavy (non-hydrogen) atoms. The number of sulfonamides is 1. The van der Waals surface area contributed by atoms with Crippen LogP contribution in [0.2, 0.25) is 5.02 Å². The normalized spacial score (nSPS) is 15.0. The topological polar surface area (TPSA) is 96.0 Å². The molecule has 1 aliphatic heterocycles. The summed E-state index contributed by atoms with van der Waals surface area (Å²) in [6.45, 7) is 3.40. The number of nitrogens with one attached hydrogen (secondary N) is 1. The Morgan fingerprint density at radius 2 is 1.67 bits per heavy atom. The first-order valence-corrected chi connectivity index (χ1v) is 13.9. The molecule has 0 spiro atoms. The number of hydrogen-bond donors (Lipinski definition) is 1. The molecule has 4 rings (SSSR count). The molecule has 2 heterocycles. The summed E-state index contributed by atoms with van der Waals surface area (Å²) in [7, 11) is -2.28. The number of thiophene rings is 1. The summed E-state index contributed by atoms with van der Waals surface area (Å²) in [4.78, 5) is 27.5. The largest absolute Gasteiger partial charge is 0.465 e. The number of piperazine rings is 1. The fourth-order valence-electron chi connectivity index (χ4n) is 3.95. The van der Waals surface area contributed by atoms with Gasteiger partial charge in [-0.2, -0.15) is 4.31 Å². The van der Waals surface area contributed by atoms with Crippen LogP contribution in [0.4, 0.5) is 5.00 Å². The molecule has 0 unspecified atom stereocenters. The molecule has 8 nitrogen and oxygen atoms in total. The lowest BCUT2D eigenvalue weighted by Crippen LogP contribution is -2.50. The molecular formula is C25H26ClN3O5S2. The first-order chi connectivity index (χ1) is 17.2. The van der Waals surface area contributed by atoms with Gasteiger partial charge in [0.25, 0.3) is 0 Å². The minimum Gasteiger partial charge on any atom is -0.465 e. The minimum absolute atomic E-state index is 0.0766. The van der Waals surface area contributed by atoms with Crippen LogP contribution in [-0.4, -0.2) is 69.3 Å². The smallest absolute Gasteiger partial charge is 0.341 e. The number of rotatable bonds is 7. The van der Waals surface area contributed by atoms with Gasteiger partial charge in [0.1, 0.15) is 10.6 Å². The monoisotopic (exact) mass is 547 g/mol. The van der Waals surface area contributed by atoms with Crippen molar-refractivity contribution in [3.8, 4) is 11.1 Å². The van der Waals surface area contributed by atoms with Crippen molar-refractivity contribution in [2.75, 3.05) is 45.2 Å². The van der Waals surface area contributed by atoms with E-state index in [1.807, 2.05) is 11.8 Å². The van der Waals surface area contributed by atoms with E-state index in [1.54, 1.807) is 53.9 Å². The van der Waals surface area contributed by atoms with Crippen LogP contribution < -0.4 is 5.32 Å². The van der Waals surface area contributed by atoms with Crippen LogP contribution in [0.3, 0.4) is 0 Å². The molecule has 0 radical (unpaired) electrons. The molecule has 1 saturated heterocycles. The quantitative estimate of drug-likeness (QED) is 0.447. The zero-order chi connectivity index (χ0) is 25.9. The number of carbonyl (C=O) groups excluding carboxylic acids is 2. The number of amides is 1. The van der Waals surface area contributed by atoms with Gasteiger partial charge < -0.3 is 10.1 Å². The molecule has 1 amide bonds.